The molecular weight excluding hydrogens is 212 g/mol. The molecule has 0 heterocycles. The van der Waals surface area contributed by atoms with Gasteiger partial charge in [-0.05, 0) is 40.2 Å². The topological polar surface area (TPSA) is 55.1 Å². The number of hydrogen-bond donors (Lipinski definition) is 2. The van der Waals surface area contributed by atoms with Gasteiger partial charge in [0.15, 0.2) is 0 Å². The Hall–Kier alpha value is -1.35. The molecule has 17 heavy (non-hydrogen) atoms. The lowest BCUT2D eigenvalue weighted by molar-refractivity contribution is -0.123. The van der Waals surface area contributed by atoms with E-state index in [0.29, 0.717) is 0 Å². The molecule has 0 aliphatic rings. The van der Waals surface area contributed by atoms with Crippen molar-refractivity contribution in [2.45, 2.75) is 46.2 Å². The lowest BCUT2D eigenvalue weighted by Crippen LogP contribution is -2.51. The van der Waals surface area contributed by atoms with Crippen LogP contribution < -0.4 is 11.1 Å². The summed E-state index contributed by atoms with van der Waals surface area (Å²) in [5.41, 5.74) is 8.29. The fourth-order valence-electron chi connectivity index (χ4n) is 1.96. The van der Waals surface area contributed by atoms with E-state index in [0.717, 1.165) is 0 Å². The van der Waals surface area contributed by atoms with Crippen molar-refractivity contribution in [1.29, 1.82) is 0 Å². The molecule has 94 valence electrons. The zero-order valence-corrected chi connectivity index (χ0v) is 11.3. The van der Waals surface area contributed by atoms with Crippen molar-refractivity contribution >= 4 is 5.91 Å². The Kier molecular flexibility index (Phi) is 3.94. The van der Waals surface area contributed by atoms with Gasteiger partial charge in [0.2, 0.25) is 5.91 Å². The molecule has 0 aliphatic carbocycles. The van der Waals surface area contributed by atoms with Crippen LogP contribution in [0, 0.1) is 13.8 Å². The fraction of sp³-hybridized carbons (Fsp3) is 0.500. The van der Waals surface area contributed by atoms with Crippen LogP contribution in [0.15, 0.2) is 18.2 Å². The molecule has 0 saturated heterocycles. The highest BCUT2D eigenvalue weighted by molar-refractivity contribution is 5.83. The standard InChI is InChI=1S/C14H22N2O/c1-9-6-10(2)8-12(7-9)11(3)16-14(4,5)13(15)17/h6-8,11,16H,1-5H3,(H2,15,17). The Bertz CT molecular complexity index is 404. The van der Waals surface area contributed by atoms with Gasteiger partial charge in [0.1, 0.15) is 0 Å². The minimum atomic E-state index is -0.697. The van der Waals surface area contributed by atoms with Crippen molar-refractivity contribution in [1.82, 2.24) is 5.32 Å². The van der Waals surface area contributed by atoms with Gasteiger partial charge in [-0.3, -0.25) is 10.1 Å². The van der Waals surface area contributed by atoms with Gasteiger partial charge in [0.05, 0.1) is 5.54 Å². The van der Waals surface area contributed by atoms with Crippen molar-refractivity contribution in [3.05, 3.63) is 34.9 Å². The van der Waals surface area contributed by atoms with Gasteiger partial charge in [-0.2, -0.15) is 0 Å². The van der Waals surface area contributed by atoms with E-state index in [4.69, 9.17) is 5.73 Å². The maximum atomic E-state index is 11.3. The lowest BCUT2D eigenvalue weighted by atomic mass is 9.98. The number of benzene rings is 1. The predicted octanol–water partition coefficient (Wildman–Crippen LogP) is 2.22. The molecule has 0 aliphatic heterocycles. The molecule has 0 bridgehead atoms. The first-order valence-corrected chi connectivity index (χ1v) is 5.88. The fourth-order valence-corrected chi connectivity index (χ4v) is 1.96. The number of rotatable bonds is 4. The average molecular weight is 234 g/mol. The van der Waals surface area contributed by atoms with Gasteiger partial charge in [-0.15, -0.1) is 0 Å². The molecule has 1 aromatic carbocycles. The van der Waals surface area contributed by atoms with E-state index in [-0.39, 0.29) is 11.9 Å². The van der Waals surface area contributed by atoms with E-state index < -0.39 is 5.54 Å². The molecule has 0 aromatic heterocycles. The summed E-state index contributed by atoms with van der Waals surface area (Å²) in [4.78, 5) is 11.3. The molecule has 3 heteroatoms. The largest absolute Gasteiger partial charge is 0.368 e. The zero-order valence-electron chi connectivity index (χ0n) is 11.3. The van der Waals surface area contributed by atoms with Gasteiger partial charge >= 0.3 is 0 Å². The van der Waals surface area contributed by atoms with Gasteiger partial charge < -0.3 is 5.73 Å². The number of nitrogens with two attached hydrogens (primary N) is 1. The molecule has 1 unspecified atom stereocenters. The van der Waals surface area contributed by atoms with Gasteiger partial charge in [0, 0.05) is 6.04 Å². The Morgan fingerprint density at radius 1 is 1.24 bits per heavy atom. The first kappa shape index (κ1) is 13.7. The minimum Gasteiger partial charge on any atom is -0.368 e. The number of carbonyl (C=O) groups excluding carboxylic acids is 1. The minimum absolute atomic E-state index is 0.0936. The van der Waals surface area contributed by atoms with Crippen molar-refractivity contribution < 1.29 is 4.79 Å². The third-order valence-electron chi connectivity index (χ3n) is 2.94. The van der Waals surface area contributed by atoms with E-state index in [1.807, 2.05) is 6.92 Å². The van der Waals surface area contributed by atoms with Gasteiger partial charge in [-0.25, -0.2) is 0 Å². The molecular formula is C14H22N2O. The molecule has 1 aromatic rings. The van der Waals surface area contributed by atoms with Crippen LogP contribution in [0.4, 0.5) is 0 Å². The Labute approximate surface area is 103 Å². The maximum Gasteiger partial charge on any atom is 0.237 e. The van der Waals surface area contributed by atoms with Gasteiger partial charge in [0.25, 0.3) is 0 Å². The Morgan fingerprint density at radius 3 is 2.12 bits per heavy atom. The molecule has 1 rings (SSSR count). The number of hydrogen-bond acceptors (Lipinski definition) is 2. The number of nitrogens with one attached hydrogen (secondary N) is 1. The molecule has 3 nitrogen and oxygen atoms in total. The van der Waals surface area contributed by atoms with E-state index in [2.05, 4.69) is 37.4 Å². The van der Waals surface area contributed by atoms with Crippen molar-refractivity contribution in [3.63, 3.8) is 0 Å². The normalized spacial score (nSPS) is 13.5. The molecule has 1 atom stereocenters. The summed E-state index contributed by atoms with van der Waals surface area (Å²) in [6, 6.07) is 6.48. The Balaban J connectivity index is 2.90. The molecule has 0 spiro atoms. The summed E-state index contributed by atoms with van der Waals surface area (Å²) in [6.07, 6.45) is 0. The van der Waals surface area contributed by atoms with Crippen LogP contribution >= 0.6 is 0 Å². The summed E-state index contributed by atoms with van der Waals surface area (Å²) in [6.45, 7) is 9.78. The lowest BCUT2D eigenvalue weighted by Gasteiger charge is -2.27. The third kappa shape index (κ3) is 3.56. The van der Waals surface area contributed by atoms with Crippen molar-refractivity contribution in [3.8, 4) is 0 Å². The second-order valence-corrected chi connectivity index (χ2v) is 5.28. The van der Waals surface area contributed by atoms with E-state index in [9.17, 15) is 4.79 Å². The van der Waals surface area contributed by atoms with Crippen LogP contribution in [0.3, 0.4) is 0 Å². The molecule has 1 amide bonds. The quantitative estimate of drug-likeness (QED) is 0.839. The smallest absolute Gasteiger partial charge is 0.237 e. The summed E-state index contributed by atoms with van der Waals surface area (Å²) in [5.74, 6) is -0.339. The average Bonchev–Trinajstić information content (AvgIpc) is 2.15. The number of carbonyl (C=O) groups is 1. The zero-order chi connectivity index (χ0) is 13.2. The molecule has 0 radical (unpaired) electrons. The summed E-state index contributed by atoms with van der Waals surface area (Å²) in [5, 5.41) is 3.25. The highest BCUT2D eigenvalue weighted by Gasteiger charge is 2.26. The Morgan fingerprint density at radius 2 is 1.71 bits per heavy atom. The number of aryl methyl sites for hydroxylation is 2. The van der Waals surface area contributed by atoms with Crippen LogP contribution in [-0.4, -0.2) is 11.4 Å². The molecule has 0 saturated carbocycles. The second-order valence-electron chi connectivity index (χ2n) is 5.28. The van der Waals surface area contributed by atoms with Crippen LogP contribution in [0.25, 0.3) is 0 Å². The van der Waals surface area contributed by atoms with Crippen molar-refractivity contribution in [2.24, 2.45) is 5.73 Å². The number of amides is 1. The highest BCUT2D eigenvalue weighted by atomic mass is 16.1. The summed E-state index contributed by atoms with van der Waals surface area (Å²) >= 11 is 0. The number of primary amides is 1. The van der Waals surface area contributed by atoms with E-state index in [1.54, 1.807) is 13.8 Å². The second kappa shape index (κ2) is 4.88. The summed E-state index contributed by atoms with van der Waals surface area (Å²) < 4.78 is 0. The van der Waals surface area contributed by atoms with Crippen LogP contribution in [-0.2, 0) is 4.79 Å². The van der Waals surface area contributed by atoms with Crippen LogP contribution in [0.2, 0.25) is 0 Å². The predicted molar refractivity (Wildman–Crippen MR) is 70.7 cm³/mol. The third-order valence-corrected chi connectivity index (χ3v) is 2.94. The van der Waals surface area contributed by atoms with Crippen LogP contribution in [0.1, 0.15) is 43.5 Å². The van der Waals surface area contributed by atoms with E-state index >= 15 is 0 Å². The SMILES string of the molecule is Cc1cc(C)cc(C(C)NC(C)(C)C(N)=O)c1. The van der Waals surface area contributed by atoms with Crippen LogP contribution in [0.5, 0.6) is 0 Å². The highest BCUT2D eigenvalue weighted by Crippen LogP contribution is 2.19. The first-order valence-electron chi connectivity index (χ1n) is 5.88. The monoisotopic (exact) mass is 234 g/mol. The molecule has 0 fully saturated rings. The van der Waals surface area contributed by atoms with Crippen molar-refractivity contribution in [2.75, 3.05) is 0 Å². The van der Waals surface area contributed by atoms with E-state index in [1.165, 1.54) is 16.7 Å². The summed E-state index contributed by atoms with van der Waals surface area (Å²) in [7, 11) is 0. The molecule has 3 N–H and O–H groups in total. The first-order chi connectivity index (χ1) is 7.72. The van der Waals surface area contributed by atoms with Gasteiger partial charge in [-0.1, -0.05) is 29.3 Å². The maximum absolute atomic E-state index is 11.3.